The van der Waals surface area contributed by atoms with Gasteiger partial charge in [0.25, 0.3) is 0 Å². The number of halogens is 2. The summed E-state index contributed by atoms with van der Waals surface area (Å²) in [5.74, 6) is 1.04. The second-order valence-corrected chi connectivity index (χ2v) is 3.80. The van der Waals surface area contributed by atoms with Gasteiger partial charge < -0.3 is 15.6 Å². The fourth-order valence-corrected chi connectivity index (χ4v) is 1.79. The predicted octanol–water partition coefficient (Wildman–Crippen LogP) is 0.869. The van der Waals surface area contributed by atoms with Gasteiger partial charge in [-0.3, -0.25) is 4.79 Å². The van der Waals surface area contributed by atoms with Crippen LogP contribution in [0, 0.1) is 5.92 Å². The average Bonchev–Trinajstić information content (AvgIpc) is 2.80. The Morgan fingerprint density at radius 3 is 2.94 bits per heavy atom. The van der Waals surface area contributed by atoms with E-state index in [9.17, 15) is 4.79 Å². The average molecular weight is 281 g/mol. The van der Waals surface area contributed by atoms with Crippen LogP contribution in [-0.4, -0.2) is 29.0 Å². The van der Waals surface area contributed by atoms with Gasteiger partial charge in [0.2, 0.25) is 5.91 Å². The number of amides is 1. The highest BCUT2D eigenvalue weighted by molar-refractivity contribution is 5.85. The molecule has 7 heteroatoms. The SMILES string of the molecule is Cl.Cl.O=C(NCc1ncc[nH]1)C1CCCNC1. The van der Waals surface area contributed by atoms with E-state index in [4.69, 9.17) is 0 Å². The van der Waals surface area contributed by atoms with Gasteiger partial charge in [0, 0.05) is 18.9 Å². The molecule has 5 nitrogen and oxygen atoms in total. The van der Waals surface area contributed by atoms with Crippen molar-refractivity contribution in [1.29, 1.82) is 0 Å². The van der Waals surface area contributed by atoms with Crippen LogP contribution in [0.3, 0.4) is 0 Å². The molecule has 1 aliphatic rings. The van der Waals surface area contributed by atoms with Gasteiger partial charge in [0.15, 0.2) is 0 Å². The largest absolute Gasteiger partial charge is 0.349 e. The molecule has 1 saturated heterocycles. The molecular weight excluding hydrogens is 263 g/mol. The van der Waals surface area contributed by atoms with Crippen molar-refractivity contribution in [3.63, 3.8) is 0 Å². The summed E-state index contributed by atoms with van der Waals surface area (Å²) in [5, 5.41) is 6.11. The minimum absolute atomic E-state index is 0. The molecule has 1 fully saturated rings. The number of aromatic nitrogens is 2. The van der Waals surface area contributed by atoms with Gasteiger partial charge in [-0.05, 0) is 19.4 Å². The van der Waals surface area contributed by atoms with Crippen molar-refractivity contribution in [1.82, 2.24) is 20.6 Å². The van der Waals surface area contributed by atoms with E-state index in [-0.39, 0.29) is 36.6 Å². The van der Waals surface area contributed by atoms with Gasteiger partial charge in [0.1, 0.15) is 5.82 Å². The highest BCUT2D eigenvalue weighted by Crippen LogP contribution is 2.09. The molecule has 1 aromatic heterocycles. The van der Waals surface area contributed by atoms with E-state index in [1.807, 2.05) is 0 Å². The molecule has 3 N–H and O–H groups in total. The predicted molar refractivity (Wildman–Crippen MR) is 70.5 cm³/mol. The molecule has 0 aromatic carbocycles. The first-order valence-corrected chi connectivity index (χ1v) is 5.33. The van der Waals surface area contributed by atoms with E-state index in [2.05, 4.69) is 20.6 Å². The number of hydrogen-bond acceptors (Lipinski definition) is 3. The lowest BCUT2D eigenvalue weighted by Crippen LogP contribution is -2.40. The first kappa shape index (κ1) is 16.2. The molecular formula is C10H18Cl2N4O. The van der Waals surface area contributed by atoms with Crippen LogP contribution in [0.4, 0.5) is 0 Å². The van der Waals surface area contributed by atoms with Gasteiger partial charge in [0.05, 0.1) is 12.5 Å². The molecule has 17 heavy (non-hydrogen) atoms. The summed E-state index contributed by atoms with van der Waals surface area (Å²) in [7, 11) is 0. The van der Waals surface area contributed by atoms with Crippen molar-refractivity contribution < 1.29 is 4.79 Å². The number of carbonyl (C=O) groups is 1. The third-order valence-corrected chi connectivity index (χ3v) is 2.65. The molecule has 2 rings (SSSR count). The molecule has 0 saturated carbocycles. The van der Waals surface area contributed by atoms with Crippen molar-refractivity contribution >= 4 is 30.7 Å². The molecule has 1 amide bonds. The van der Waals surface area contributed by atoms with E-state index in [1.54, 1.807) is 12.4 Å². The lowest BCUT2D eigenvalue weighted by Gasteiger charge is -2.21. The quantitative estimate of drug-likeness (QED) is 0.770. The molecule has 0 spiro atoms. The Kier molecular flexibility index (Phi) is 7.95. The van der Waals surface area contributed by atoms with E-state index >= 15 is 0 Å². The Hall–Kier alpha value is -0.780. The number of imidazole rings is 1. The third kappa shape index (κ3) is 4.93. The summed E-state index contributed by atoms with van der Waals surface area (Å²) >= 11 is 0. The maximum absolute atomic E-state index is 11.7. The lowest BCUT2D eigenvalue weighted by molar-refractivity contribution is -0.125. The topological polar surface area (TPSA) is 69.8 Å². The van der Waals surface area contributed by atoms with Crippen molar-refractivity contribution in [3.05, 3.63) is 18.2 Å². The number of hydrogen-bond donors (Lipinski definition) is 3. The van der Waals surface area contributed by atoms with Crippen LogP contribution >= 0.6 is 24.8 Å². The van der Waals surface area contributed by atoms with Gasteiger partial charge in [-0.15, -0.1) is 24.8 Å². The molecule has 0 radical (unpaired) electrons. The van der Waals surface area contributed by atoms with Crippen LogP contribution in [0.15, 0.2) is 12.4 Å². The van der Waals surface area contributed by atoms with Crippen LogP contribution in [0.5, 0.6) is 0 Å². The smallest absolute Gasteiger partial charge is 0.224 e. The van der Waals surface area contributed by atoms with Crippen molar-refractivity contribution in [2.45, 2.75) is 19.4 Å². The van der Waals surface area contributed by atoms with Crippen molar-refractivity contribution in [3.8, 4) is 0 Å². The molecule has 0 aliphatic carbocycles. The van der Waals surface area contributed by atoms with Crippen molar-refractivity contribution in [2.24, 2.45) is 5.92 Å². The second-order valence-electron chi connectivity index (χ2n) is 3.80. The fraction of sp³-hybridized carbons (Fsp3) is 0.600. The molecule has 0 bridgehead atoms. The van der Waals surface area contributed by atoms with Crippen LogP contribution in [0.1, 0.15) is 18.7 Å². The number of piperidine rings is 1. The number of rotatable bonds is 3. The van der Waals surface area contributed by atoms with E-state index in [0.717, 1.165) is 31.8 Å². The summed E-state index contributed by atoms with van der Waals surface area (Å²) in [6.45, 7) is 2.31. The van der Waals surface area contributed by atoms with Crippen molar-refractivity contribution in [2.75, 3.05) is 13.1 Å². The minimum Gasteiger partial charge on any atom is -0.349 e. The Morgan fingerprint density at radius 2 is 2.35 bits per heavy atom. The number of carbonyl (C=O) groups excluding carboxylic acids is 1. The van der Waals surface area contributed by atoms with Crippen LogP contribution < -0.4 is 10.6 Å². The highest BCUT2D eigenvalue weighted by atomic mass is 35.5. The third-order valence-electron chi connectivity index (χ3n) is 2.65. The molecule has 1 unspecified atom stereocenters. The molecule has 1 atom stereocenters. The second kappa shape index (κ2) is 8.33. The van der Waals surface area contributed by atoms with Gasteiger partial charge in [-0.1, -0.05) is 0 Å². The highest BCUT2D eigenvalue weighted by Gasteiger charge is 2.20. The fourth-order valence-electron chi connectivity index (χ4n) is 1.79. The molecule has 1 aromatic rings. The standard InChI is InChI=1S/C10H16N4O.2ClH/c15-10(8-2-1-3-11-6-8)14-7-9-12-4-5-13-9;;/h4-5,8,11H,1-3,6-7H2,(H,12,13)(H,14,15);2*1H. The summed E-state index contributed by atoms with van der Waals surface area (Å²) in [6.07, 6.45) is 5.50. The molecule has 2 heterocycles. The van der Waals surface area contributed by atoms with E-state index in [1.165, 1.54) is 0 Å². The maximum Gasteiger partial charge on any atom is 0.224 e. The Labute approximate surface area is 113 Å². The number of H-pyrrole nitrogens is 1. The van der Waals surface area contributed by atoms with Crippen LogP contribution in [0.25, 0.3) is 0 Å². The van der Waals surface area contributed by atoms with Crippen LogP contribution in [0.2, 0.25) is 0 Å². The van der Waals surface area contributed by atoms with E-state index in [0.29, 0.717) is 6.54 Å². The number of nitrogens with zero attached hydrogens (tertiary/aromatic N) is 1. The minimum atomic E-state index is 0. The first-order chi connectivity index (χ1) is 7.36. The summed E-state index contributed by atoms with van der Waals surface area (Å²) in [6, 6.07) is 0. The first-order valence-electron chi connectivity index (χ1n) is 5.33. The monoisotopic (exact) mass is 280 g/mol. The Bertz CT molecular complexity index is 312. The zero-order valence-corrected chi connectivity index (χ0v) is 11.1. The Morgan fingerprint density at radius 1 is 1.53 bits per heavy atom. The zero-order valence-electron chi connectivity index (χ0n) is 9.44. The normalized spacial score (nSPS) is 18.7. The van der Waals surface area contributed by atoms with E-state index < -0.39 is 0 Å². The molecule has 1 aliphatic heterocycles. The summed E-state index contributed by atoms with van der Waals surface area (Å²) in [4.78, 5) is 18.7. The molecule has 98 valence electrons. The van der Waals surface area contributed by atoms with Gasteiger partial charge in [-0.25, -0.2) is 4.98 Å². The van der Waals surface area contributed by atoms with Gasteiger partial charge >= 0.3 is 0 Å². The number of aromatic amines is 1. The lowest BCUT2D eigenvalue weighted by atomic mass is 9.99. The van der Waals surface area contributed by atoms with Gasteiger partial charge in [-0.2, -0.15) is 0 Å². The zero-order chi connectivity index (χ0) is 10.5. The maximum atomic E-state index is 11.7. The Balaban J connectivity index is 0.00000128. The summed E-state index contributed by atoms with van der Waals surface area (Å²) < 4.78 is 0. The van der Waals surface area contributed by atoms with Crippen LogP contribution in [-0.2, 0) is 11.3 Å². The summed E-state index contributed by atoms with van der Waals surface area (Å²) in [5.41, 5.74) is 0. The number of nitrogens with one attached hydrogen (secondary N) is 3.